The lowest BCUT2D eigenvalue weighted by atomic mass is 9.95. The molecule has 2 unspecified atom stereocenters. The normalized spacial score (nSPS) is 22.4. The van der Waals surface area contributed by atoms with Crippen LogP contribution < -0.4 is 5.32 Å². The van der Waals surface area contributed by atoms with Crippen molar-refractivity contribution in [1.82, 2.24) is 5.32 Å². The predicted octanol–water partition coefficient (Wildman–Crippen LogP) is 2.52. The molecule has 0 spiro atoms. The van der Waals surface area contributed by atoms with Crippen molar-refractivity contribution >= 4 is 11.6 Å². The zero-order valence-electron chi connectivity index (χ0n) is 9.63. The number of aliphatic hydroxyl groups excluding tert-OH is 1. The Morgan fingerprint density at radius 1 is 1.47 bits per heavy atom. The third-order valence-electron chi connectivity index (χ3n) is 3.26. The van der Waals surface area contributed by atoms with Crippen molar-refractivity contribution in [2.75, 3.05) is 6.54 Å². The van der Waals surface area contributed by atoms with Crippen LogP contribution in [-0.2, 0) is 6.42 Å². The van der Waals surface area contributed by atoms with Gasteiger partial charge in [-0.2, -0.15) is 0 Å². The molecule has 1 aromatic carbocycles. The van der Waals surface area contributed by atoms with Gasteiger partial charge in [0.05, 0.1) is 6.10 Å². The number of aliphatic hydroxyl groups is 1. The maximum atomic E-state index is 13.6. The minimum Gasteiger partial charge on any atom is -0.391 e. The average molecular weight is 258 g/mol. The lowest BCUT2D eigenvalue weighted by Crippen LogP contribution is -2.44. The van der Waals surface area contributed by atoms with E-state index in [2.05, 4.69) is 5.32 Å². The second-order valence-corrected chi connectivity index (χ2v) is 5.00. The van der Waals surface area contributed by atoms with Crippen molar-refractivity contribution in [3.05, 3.63) is 34.6 Å². The highest BCUT2D eigenvalue weighted by molar-refractivity contribution is 6.30. The first-order valence-electron chi connectivity index (χ1n) is 6.02. The fourth-order valence-corrected chi connectivity index (χ4v) is 2.42. The second kappa shape index (κ2) is 5.80. The Morgan fingerprint density at radius 2 is 2.29 bits per heavy atom. The Labute approximate surface area is 106 Å². The van der Waals surface area contributed by atoms with Gasteiger partial charge in [0.2, 0.25) is 0 Å². The SMILES string of the molecule is OC(Cc1ccc(Cl)cc1F)C1CCCCN1. The molecule has 0 saturated carbocycles. The average Bonchev–Trinajstić information content (AvgIpc) is 2.34. The molecule has 94 valence electrons. The molecule has 1 heterocycles. The van der Waals surface area contributed by atoms with E-state index in [9.17, 15) is 9.50 Å². The van der Waals surface area contributed by atoms with E-state index in [1.807, 2.05) is 0 Å². The quantitative estimate of drug-likeness (QED) is 0.872. The van der Waals surface area contributed by atoms with E-state index >= 15 is 0 Å². The van der Waals surface area contributed by atoms with E-state index in [1.54, 1.807) is 12.1 Å². The van der Waals surface area contributed by atoms with Crippen molar-refractivity contribution in [1.29, 1.82) is 0 Å². The monoisotopic (exact) mass is 257 g/mol. The van der Waals surface area contributed by atoms with E-state index < -0.39 is 6.10 Å². The molecule has 4 heteroatoms. The number of hydrogen-bond donors (Lipinski definition) is 2. The van der Waals surface area contributed by atoms with E-state index in [1.165, 1.54) is 6.07 Å². The number of piperidine rings is 1. The standard InChI is InChI=1S/C13H17ClFNO/c14-10-5-4-9(11(15)8-10)7-13(17)12-3-1-2-6-16-12/h4-5,8,12-13,16-17H,1-3,6-7H2. The van der Waals surface area contributed by atoms with Gasteiger partial charge in [0.1, 0.15) is 5.82 Å². The summed E-state index contributed by atoms with van der Waals surface area (Å²) < 4.78 is 13.6. The van der Waals surface area contributed by atoms with Crippen LogP contribution in [0.25, 0.3) is 0 Å². The summed E-state index contributed by atoms with van der Waals surface area (Å²) >= 11 is 5.69. The van der Waals surface area contributed by atoms with Gasteiger partial charge >= 0.3 is 0 Å². The highest BCUT2D eigenvalue weighted by atomic mass is 35.5. The van der Waals surface area contributed by atoms with E-state index in [4.69, 9.17) is 11.6 Å². The molecule has 2 atom stereocenters. The zero-order chi connectivity index (χ0) is 12.3. The minimum atomic E-state index is -0.536. The number of hydrogen-bond acceptors (Lipinski definition) is 2. The summed E-state index contributed by atoms with van der Waals surface area (Å²) in [4.78, 5) is 0. The molecule has 17 heavy (non-hydrogen) atoms. The molecule has 1 saturated heterocycles. The van der Waals surface area contributed by atoms with Crippen LogP contribution >= 0.6 is 11.6 Å². The highest BCUT2D eigenvalue weighted by Crippen LogP contribution is 2.19. The first-order valence-corrected chi connectivity index (χ1v) is 6.40. The summed E-state index contributed by atoms with van der Waals surface area (Å²) in [5, 5.41) is 13.7. The molecule has 0 aliphatic carbocycles. The maximum absolute atomic E-state index is 13.6. The van der Waals surface area contributed by atoms with Crippen LogP contribution in [0.2, 0.25) is 5.02 Å². The zero-order valence-corrected chi connectivity index (χ0v) is 10.4. The summed E-state index contributed by atoms with van der Waals surface area (Å²) in [5.74, 6) is -0.340. The van der Waals surface area contributed by atoms with Gasteiger partial charge in [-0.3, -0.25) is 0 Å². The predicted molar refractivity (Wildman–Crippen MR) is 66.8 cm³/mol. The van der Waals surface area contributed by atoms with Gasteiger partial charge in [0.25, 0.3) is 0 Å². The van der Waals surface area contributed by atoms with Crippen LogP contribution in [0.1, 0.15) is 24.8 Å². The molecular weight excluding hydrogens is 241 g/mol. The summed E-state index contributed by atoms with van der Waals surface area (Å²) in [6, 6.07) is 4.67. The summed E-state index contributed by atoms with van der Waals surface area (Å²) in [6.45, 7) is 0.935. The van der Waals surface area contributed by atoms with Crippen LogP contribution in [0, 0.1) is 5.82 Å². The topological polar surface area (TPSA) is 32.3 Å². The molecular formula is C13H17ClFNO. The van der Waals surface area contributed by atoms with Crippen molar-refractivity contribution in [2.24, 2.45) is 0 Å². The molecule has 0 bridgehead atoms. The Morgan fingerprint density at radius 3 is 2.94 bits per heavy atom. The second-order valence-electron chi connectivity index (χ2n) is 4.56. The lowest BCUT2D eigenvalue weighted by molar-refractivity contribution is 0.112. The number of benzene rings is 1. The summed E-state index contributed by atoms with van der Waals surface area (Å²) in [7, 11) is 0. The third kappa shape index (κ3) is 3.41. The Balaban J connectivity index is 1.99. The van der Waals surface area contributed by atoms with Gasteiger partial charge in [-0.1, -0.05) is 24.1 Å². The van der Waals surface area contributed by atoms with Gasteiger partial charge < -0.3 is 10.4 Å². The number of nitrogens with one attached hydrogen (secondary N) is 1. The molecule has 0 radical (unpaired) electrons. The molecule has 2 nitrogen and oxygen atoms in total. The van der Waals surface area contributed by atoms with Crippen LogP contribution in [0.4, 0.5) is 4.39 Å². The van der Waals surface area contributed by atoms with E-state index in [0.717, 1.165) is 25.8 Å². The Hall–Kier alpha value is -0.640. The van der Waals surface area contributed by atoms with Gasteiger partial charge in [-0.25, -0.2) is 4.39 Å². The van der Waals surface area contributed by atoms with E-state index in [0.29, 0.717) is 17.0 Å². The summed E-state index contributed by atoms with van der Waals surface area (Å²) in [5.41, 5.74) is 0.522. The Bertz CT molecular complexity index is 380. The molecule has 1 fully saturated rings. The lowest BCUT2D eigenvalue weighted by Gasteiger charge is -2.28. The van der Waals surface area contributed by atoms with Crippen molar-refractivity contribution in [3.8, 4) is 0 Å². The van der Waals surface area contributed by atoms with Gasteiger partial charge in [0.15, 0.2) is 0 Å². The van der Waals surface area contributed by atoms with Crippen molar-refractivity contribution in [2.45, 2.75) is 37.8 Å². The fourth-order valence-electron chi connectivity index (χ4n) is 2.26. The highest BCUT2D eigenvalue weighted by Gasteiger charge is 2.22. The third-order valence-corrected chi connectivity index (χ3v) is 3.49. The molecule has 1 aliphatic heterocycles. The van der Waals surface area contributed by atoms with Gasteiger partial charge in [-0.05, 0) is 37.1 Å². The van der Waals surface area contributed by atoms with Crippen molar-refractivity contribution < 1.29 is 9.50 Å². The first-order chi connectivity index (χ1) is 8.16. The van der Waals surface area contributed by atoms with Gasteiger partial charge in [0, 0.05) is 17.5 Å². The van der Waals surface area contributed by atoms with Crippen LogP contribution in [-0.4, -0.2) is 23.8 Å². The molecule has 2 rings (SSSR count). The minimum absolute atomic E-state index is 0.0822. The largest absolute Gasteiger partial charge is 0.391 e. The number of rotatable bonds is 3. The number of halogens is 2. The van der Waals surface area contributed by atoms with Gasteiger partial charge in [-0.15, -0.1) is 0 Å². The van der Waals surface area contributed by atoms with Crippen LogP contribution in [0.5, 0.6) is 0 Å². The Kier molecular flexibility index (Phi) is 4.37. The molecule has 2 N–H and O–H groups in total. The molecule has 0 amide bonds. The first kappa shape index (κ1) is 12.8. The molecule has 1 aromatic rings. The van der Waals surface area contributed by atoms with E-state index in [-0.39, 0.29) is 11.9 Å². The van der Waals surface area contributed by atoms with Crippen molar-refractivity contribution in [3.63, 3.8) is 0 Å². The maximum Gasteiger partial charge on any atom is 0.127 e. The smallest absolute Gasteiger partial charge is 0.127 e. The summed E-state index contributed by atoms with van der Waals surface area (Å²) in [6.07, 6.45) is 3.03. The fraction of sp³-hybridized carbons (Fsp3) is 0.538. The van der Waals surface area contributed by atoms with Crippen LogP contribution in [0.15, 0.2) is 18.2 Å². The molecule has 0 aromatic heterocycles. The molecule has 1 aliphatic rings. The van der Waals surface area contributed by atoms with Crippen LogP contribution in [0.3, 0.4) is 0 Å².